The molecule has 1 aliphatic rings. The second kappa shape index (κ2) is 7.70. The number of nitrogens with zero attached hydrogens (tertiary/aromatic N) is 1. The molecule has 0 unspecified atom stereocenters. The third-order valence-corrected chi connectivity index (χ3v) is 3.93. The summed E-state index contributed by atoms with van der Waals surface area (Å²) in [6.45, 7) is 9.55. The highest BCUT2D eigenvalue weighted by Gasteiger charge is 2.19. The molecule has 3 nitrogen and oxygen atoms in total. The fourth-order valence-electron chi connectivity index (χ4n) is 2.50. The molecule has 0 radical (unpaired) electrons. The minimum Gasteiger partial charge on any atom is -0.353 e. The summed E-state index contributed by atoms with van der Waals surface area (Å²) in [6, 6.07) is 0.440. The number of hydrogen-bond acceptors (Lipinski definition) is 2. The molecular formula is C14H28N2O. The number of amides is 1. The van der Waals surface area contributed by atoms with E-state index in [1.54, 1.807) is 0 Å². The standard InChI is InChI=1S/C14H28N2O/c1-4-16(5-2)11-10-14(17)15-13-8-6-12(3)7-9-13/h12-13H,4-11H2,1-3H3,(H,15,17)/t12-,13-. The van der Waals surface area contributed by atoms with Gasteiger partial charge in [0.1, 0.15) is 0 Å². The normalized spacial score (nSPS) is 24.9. The van der Waals surface area contributed by atoms with Crippen LogP contribution in [0.5, 0.6) is 0 Å². The van der Waals surface area contributed by atoms with Gasteiger partial charge in [-0.05, 0) is 44.7 Å². The molecule has 1 rings (SSSR count). The summed E-state index contributed by atoms with van der Waals surface area (Å²) >= 11 is 0. The van der Waals surface area contributed by atoms with Crippen LogP contribution in [0.1, 0.15) is 52.9 Å². The first-order valence-corrected chi connectivity index (χ1v) is 7.17. The lowest BCUT2D eigenvalue weighted by Gasteiger charge is -2.27. The Morgan fingerprint density at radius 1 is 1.18 bits per heavy atom. The van der Waals surface area contributed by atoms with E-state index in [4.69, 9.17) is 0 Å². The van der Waals surface area contributed by atoms with E-state index >= 15 is 0 Å². The van der Waals surface area contributed by atoms with Crippen LogP contribution in [0.3, 0.4) is 0 Å². The van der Waals surface area contributed by atoms with Crippen LogP contribution >= 0.6 is 0 Å². The molecule has 1 amide bonds. The van der Waals surface area contributed by atoms with Crippen molar-refractivity contribution in [1.82, 2.24) is 10.2 Å². The minimum atomic E-state index is 0.233. The van der Waals surface area contributed by atoms with Crippen molar-refractivity contribution >= 4 is 5.91 Å². The smallest absolute Gasteiger partial charge is 0.221 e. The van der Waals surface area contributed by atoms with Crippen LogP contribution in [0.2, 0.25) is 0 Å². The van der Waals surface area contributed by atoms with Crippen molar-refractivity contribution in [2.24, 2.45) is 5.92 Å². The maximum Gasteiger partial charge on any atom is 0.221 e. The molecule has 3 heteroatoms. The van der Waals surface area contributed by atoms with E-state index in [9.17, 15) is 4.79 Å². The summed E-state index contributed by atoms with van der Waals surface area (Å²) in [4.78, 5) is 14.1. The van der Waals surface area contributed by atoms with Gasteiger partial charge in [-0.15, -0.1) is 0 Å². The van der Waals surface area contributed by atoms with Gasteiger partial charge in [0.25, 0.3) is 0 Å². The highest BCUT2D eigenvalue weighted by Crippen LogP contribution is 2.23. The summed E-state index contributed by atoms with van der Waals surface area (Å²) in [5.41, 5.74) is 0. The molecule has 0 spiro atoms. The predicted octanol–water partition coefficient (Wildman–Crippen LogP) is 2.41. The second-order valence-electron chi connectivity index (χ2n) is 5.30. The SMILES string of the molecule is CCN(CC)CCC(=O)N[C@H]1CC[C@H](C)CC1. The van der Waals surface area contributed by atoms with Gasteiger partial charge in [-0.25, -0.2) is 0 Å². The fraction of sp³-hybridized carbons (Fsp3) is 0.929. The highest BCUT2D eigenvalue weighted by atomic mass is 16.1. The Morgan fingerprint density at radius 2 is 1.76 bits per heavy atom. The summed E-state index contributed by atoms with van der Waals surface area (Å²) < 4.78 is 0. The molecule has 0 aromatic carbocycles. The average Bonchev–Trinajstić information content (AvgIpc) is 2.33. The van der Waals surface area contributed by atoms with E-state index in [1.807, 2.05) is 0 Å². The zero-order chi connectivity index (χ0) is 12.7. The third-order valence-electron chi connectivity index (χ3n) is 3.93. The summed E-state index contributed by atoms with van der Waals surface area (Å²) in [6.07, 6.45) is 5.51. The van der Waals surface area contributed by atoms with Crippen LogP contribution in [-0.4, -0.2) is 36.5 Å². The predicted molar refractivity (Wildman–Crippen MR) is 72.0 cm³/mol. The number of rotatable bonds is 6. The Labute approximate surface area is 106 Å². The van der Waals surface area contributed by atoms with Crippen molar-refractivity contribution in [2.45, 2.75) is 58.9 Å². The highest BCUT2D eigenvalue weighted by molar-refractivity contribution is 5.76. The van der Waals surface area contributed by atoms with Crippen LogP contribution < -0.4 is 5.32 Å². The lowest BCUT2D eigenvalue weighted by molar-refractivity contribution is -0.122. The van der Waals surface area contributed by atoms with Gasteiger partial charge < -0.3 is 10.2 Å². The Hall–Kier alpha value is -0.570. The van der Waals surface area contributed by atoms with Gasteiger partial charge in [0.15, 0.2) is 0 Å². The number of nitrogens with one attached hydrogen (secondary N) is 1. The third kappa shape index (κ3) is 5.53. The Morgan fingerprint density at radius 3 is 2.29 bits per heavy atom. The average molecular weight is 240 g/mol. The van der Waals surface area contributed by atoms with Gasteiger partial charge in [-0.2, -0.15) is 0 Å². The Kier molecular flexibility index (Phi) is 6.56. The number of carbonyl (C=O) groups is 1. The molecule has 1 fully saturated rings. The molecule has 1 saturated carbocycles. The first-order valence-electron chi connectivity index (χ1n) is 7.17. The number of hydrogen-bond donors (Lipinski definition) is 1. The van der Waals surface area contributed by atoms with Crippen molar-refractivity contribution in [1.29, 1.82) is 0 Å². The monoisotopic (exact) mass is 240 g/mol. The van der Waals surface area contributed by atoms with Crippen LogP contribution in [0.15, 0.2) is 0 Å². The van der Waals surface area contributed by atoms with Crippen LogP contribution in [0.25, 0.3) is 0 Å². The molecule has 100 valence electrons. The van der Waals surface area contributed by atoms with E-state index in [0.717, 1.165) is 38.4 Å². The molecule has 0 bridgehead atoms. The lowest BCUT2D eigenvalue weighted by atomic mass is 9.87. The largest absolute Gasteiger partial charge is 0.353 e. The van der Waals surface area contributed by atoms with Gasteiger partial charge in [-0.1, -0.05) is 20.8 Å². The first kappa shape index (κ1) is 14.5. The molecule has 0 saturated heterocycles. The minimum absolute atomic E-state index is 0.233. The van der Waals surface area contributed by atoms with E-state index in [1.165, 1.54) is 12.8 Å². The Bertz CT molecular complexity index is 218. The summed E-state index contributed by atoms with van der Waals surface area (Å²) in [5.74, 6) is 1.08. The van der Waals surface area contributed by atoms with E-state index in [0.29, 0.717) is 12.5 Å². The molecule has 17 heavy (non-hydrogen) atoms. The van der Waals surface area contributed by atoms with Gasteiger partial charge in [0.05, 0.1) is 0 Å². The molecule has 0 aliphatic heterocycles. The van der Waals surface area contributed by atoms with Gasteiger partial charge in [-0.3, -0.25) is 4.79 Å². The Balaban J connectivity index is 2.16. The van der Waals surface area contributed by atoms with Crippen molar-refractivity contribution < 1.29 is 4.79 Å². The molecule has 1 aliphatic carbocycles. The van der Waals surface area contributed by atoms with Crippen LogP contribution in [-0.2, 0) is 4.79 Å². The zero-order valence-electron chi connectivity index (χ0n) is 11.7. The quantitative estimate of drug-likeness (QED) is 0.773. The maximum absolute atomic E-state index is 11.8. The van der Waals surface area contributed by atoms with Crippen molar-refractivity contribution in [3.8, 4) is 0 Å². The van der Waals surface area contributed by atoms with Gasteiger partial charge in [0, 0.05) is 19.0 Å². The molecule has 0 aromatic rings. The first-order chi connectivity index (χ1) is 8.15. The number of carbonyl (C=O) groups excluding carboxylic acids is 1. The van der Waals surface area contributed by atoms with E-state index in [-0.39, 0.29) is 5.91 Å². The second-order valence-corrected chi connectivity index (χ2v) is 5.30. The van der Waals surface area contributed by atoms with Crippen molar-refractivity contribution in [3.05, 3.63) is 0 Å². The maximum atomic E-state index is 11.8. The van der Waals surface area contributed by atoms with E-state index < -0.39 is 0 Å². The molecule has 0 aromatic heterocycles. The summed E-state index contributed by atoms with van der Waals surface area (Å²) in [5, 5.41) is 3.18. The lowest BCUT2D eigenvalue weighted by Crippen LogP contribution is -2.39. The molecule has 1 N–H and O–H groups in total. The van der Waals surface area contributed by atoms with Gasteiger partial charge in [0.2, 0.25) is 5.91 Å². The van der Waals surface area contributed by atoms with Crippen LogP contribution in [0.4, 0.5) is 0 Å². The molecular weight excluding hydrogens is 212 g/mol. The van der Waals surface area contributed by atoms with Crippen molar-refractivity contribution in [2.75, 3.05) is 19.6 Å². The van der Waals surface area contributed by atoms with Crippen molar-refractivity contribution in [3.63, 3.8) is 0 Å². The summed E-state index contributed by atoms with van der Waals surface area (Å²) in [7, 11) is 0. The molecule has 0 heterocycles. The van der Waals surface area contributed by atoms with Gasteiger partial charge >= 0.3 is 0 Å². The topological polar surface area (TPSA) is 32.3 Å². The van der Waals surface area contributed by atoms with E-state index in [2.05, 4.69) is 31.0 Å². The van der Waals surface area contributed by atoms with Crippen LogP contribution in [0, 0.1) is 5.92 Å². The molecule has 0 atom stereocenters. The zero-order valence-corrected chi connectivity index (χ0v) is 11.7. The fourth-order valence-corrected chi connectivity index (χ4v) is 2.50.